The number of hydrogen-bond donors (Lipinski definition) is 1. The van der Waals surface area contributed by atoms with Crippen LogP contribution in [0.25, 0.3) is 0 Å². The second-order valence-electron chi connectivity index (χ2n) is 5.46. The van der Waals surface area contributed by atoms with Gasteiger partial charge in [0.25, 0.3) is 0 Å². The van der Waals surface area contributed by atoms with Crippen LogP contribution in [0.15, 0.2) is 40.7 Å². The van der Waals surface area contributed by atoms with Crippen molar-refractivity contribution in [1.82, 2.24) is 10.2 Å². The van der Waals surface area contributed by atoms with Crippen LogP contribution in [0.1, 0.15) is 11.1 Å². The Labute approximate surface area is 156 Å². The fraction of sp³-hybridized carbons (Fsp3) is 0.176. The molecule has 2 heterocycles. The highest BCUT2D eigenvalue weighted by Crippen LogP contribution is 2.35. The largest absolute Gasteiger partial charge is 0.467 e. The van der Waals surface area contributed by atoms with Crippen LogP contribution in [0.2, 0.25) is 0 Å². The molecular formula is C17H13F2N3O2S2. The lowest BCUT2D eigenvalue weighted by Crippen LogP contribution is -2.13. The van der Waals surface area contributed by atoms with Gasteiger partial charge in [0.15, 0.2) is 11.1 Å². The van der Waals surface area contributed by atoms with E-state index in [1.54, 1.807) is 12.1 Å². The van der Waals surface area contributed by atoms with Crippen molar-refractivity contribution in [3.8, 4) is 5.75 Å². The number of hydrogen-bond acceptors (Lipinski definition) is 7. The molecule has 0 amide bonds. The van der Waals surface area contributed by atoms with Crippen LogP contribution in [-0.4, -0.2) is 17.0 Å². The molecule has 134 valence electrons. The number of nitrogens with zero attached hydrogens (tertiary/aromatic N) is 2. The normalized spacial score (nSPS) is 13.2. The highest BCUT2D eigenvalue weighted by Gasteiger charge is 2.17. The number of halogens is 2. The third-order valence-electron chi connectivity index (χ3n) is 3.59. The number of rotatable bonds is 5. The minimum absolute atomic E-state index is 0.164. The Morgan fingerprint density at radius 2 is 2.08 bits per heavy atom. The summed E-state index contributed by atoms with van der Waals surface area (Å²) in [5.74, 6) is 0.523. The second-order valence-corrected chi connectivity index (χ2v) is 7.66. The molecule has 1 aliphatic heterocycles. The molecule has 0 spiro atoms. The molecule has 0 saturated heterocycles. The molecule has 9 heteroatoms. The van der Waals surface area contributed by atoms with Crippen molar-refractivity contribution in [1.29, 1.82) is 0 Å². The summed E-state index contributed by atoms with van der Waals surface area (Å²) in [6, 6.07) is 9.01. The van der Waals surface area contributed by atoms with Gasteiger partial charge in [-0.2, -0.15) is 0 Å². The number of aromatic nitrogens is 2. The number of ether oxygens (including phenoxy) is 2. The van der Waals surface area contributed by atoms with Gasteiger partial charge in [-0.15, -0.1) is 10.2 Å². The lowest BCUT2D eigenvalue weighted by Gasteiger charge is -2.20. The number of fused-ring (bicyclic) bond motifs is 1. The molecule has 1 aliphatic rings. The van der Waals surface area contributed by atoms with Gasteiger partial charge in [0.1, 0.15) is 17.4 Å². The minimum atomic E-state index is -0.325. The standard InChI is InChI=1S/C17H13F2N3O2S2/c18-12-2-1-3-14(6-12)20-16-21-22-17(26-16)25-8-11-5-13(19)4-10-7-23-9-24-15(10)11/h1-6H,7-9H2,(H,20,21). The van der Waals surface area contributed by atoms with Gasteiger partial charge in [-0.05, 0) is 30.3 Å². The Hall–Kier alpha value is -2.23. The molecular weight excluding hydrogens is 380 g/mol. The van der Waals surface area contributed by atoms with Gasteiger partial charge < -0.3 is 14.8 Å². The first-order valence-corrected chi connectivity index (χ1v) is 9.48. The molecule has 0 unspecified atom stereocenters. The van der Waals surface area contributed by atoms with E-state index >= 15 is 0 Å². The van der Waals surface area contributed by atoms with Crippen molar-refractivity contribution in [3.63, 3.8) is 0 Å². The Bertz CT molecular complexity index is 936. The molecule has 0 radical (unpaired) electrons. The van der Waals surface area contributed by atoms with E-state index in [1.165, 1.54) is 47.4 Å². The fourth-order valence-electron chi connectivity index (χ4n) is 2.51. The minimum Gasteiger partial charge on any atom is -0.467 e. The molecule has 26 heavy (non-hydrogen) atoms. The van der Waals surface area contributed by atoms with E-state index in [4.69, 9.17) is 9.47 Å². The van der Waals surface area contributed by atoms with Crippen LogP contribution >= 0.6 is 23.1 Å². The van der Waals surface area contributed by atoms with E-state index in [-0.39, 0.29) is 18.4 Å². The van der Waals surface area contributed by atoms with E-state index < -0.39 is 0 Å². The molecule has 0 bridgehead atoms. The first kappa shape index (κ1) is 17.2. The summed E-state index contributed by atoms with van der Waals surface area (Å²) in [5, 5.41) is 11.7. The highest BCUT2D eigenvalue weighted by atomic mass is 32.2. The predicted octanol–water partition coefficient (Wildman–Crippen LogP) is 4.72. The zero-order chi connectivity index (χ0) is 17.9. The van der Waals surface area contributed by atoms with Crippen LogP contribution in [-0.2, 0) is 17.1 Å². The molecule has 0 fully saturated rings. The quantitative estimate of drug-likeness (QED) is 0.633. The van der Waals surface area contributed by atoms with Gasteiger partial charge in [-0.3, -0.25) is 0 Å². The molecule has 4 rings (SSSR count). The molecule has 2 aromatic carbocycles. The maximum atomic E-state index is 13.8. The van der Waals surface area contributed by atoms with Gasteiger partial charge in [0.05, 0.1) is 6.61 Å². The summed E-state index contributed by atoms with van der Waals surface area (Å²) in [7, 11) is 0. The topological polar surface area (TPSA) is 56.3 Å². The van der Waals surface area contributed by atoms with Crippen LogP contribution in [0, 0.1) is 11.6 Å². The second kappa shape index (κ2) is 7.56. The molecule has 0 saturated carbocycles. The number of thioether (sulfide) groups is 1. The van der Waals surface area contributed by atoms with Crippen molar-refractivity contribution in [3.05, 3.63) is 59.2 Å². The summed E-state index contributed by atoms with van der Waals surface area (Å²) in [4.78, 5) is 0. The van der Waals surface area contributed by atoms with E-state index in [2.05, 4.69) is 15.5 Å². The fourth-order valence-corrected chi connectivity index (χ4v) is 4.25. The maximum Gasteiger partial charge on any atom is 0.210 e. The first-order chi connectivity index (χ1) is 12.7. The summed E-state index contributed by atoms with van der Waals surface area (Å²) < 4.78 is 38.4. The molecule has 0 aliphatic carbocycles. The summed E-state index contributed by atoms with van der Waals surface area (Å²) in [6.07, 6.45) is 0. The number of benzene rings is 2. The average molecular weight is 393 g/mol. The summed E-state index contributed by atoms with van der Waals surface area (Å²) in [6.45, 7) is 0.502. The SMILES string of the molecule is Fc1cccc(Nc2nnc(SCc3cc(F)cc4c3OCOC4)s2)c1. The van der Waals surface area contributed by atoms with Crippen molar-refractivity contribution in [2.45, 2.75) is 16.7 Å². The van der Waals surface area contributed by atoms with Gasteiger partial charge in [0, 0.05) is 22.6 Å². The average Bonchev–Trinajstić information content (AvgIpc) is 3.07. The van der Waals surface area contributed by atoms with Crippen LogP contribution in [0.3, 0.4) is 0 Å². The summed E-state index contributed by atoms with van der Waals surface area (Å²) in [5.41, 5.74) is 2.06. The van der Waals surface area contributed by atoms with Gasteiger partial charge in [-0.1, -0.05) is 29.2 Å². The maximum absolute atomic E-state index is 13.8. The van der Waals surface area contributed by atoms with Crippen molar-refractivity contribution >= 4 is 33.9 Å². The Morgan fingerprint density at radius 3 is 2.96 bits per heavy atom. The number of anilines is 2. The lowest BCUT2D eigenvalue weighted by atomic mass is 10.1. The monoisotopic (exact) mass is 393 g/mol. The molecule has 0 atom stereocenters. The summed E-state index contributed by atoms with van der Waals surface area (Å²) >= 11 is 2.78. The highest BCUT2D eigenvalue weighted by molar-refractivity contribution is 8.00. The zero-order valence-electron chi connectivity index (χ0n) is 13.4. The lowest BCUT2D eigenvalue weighted by molar-refractivity contribution is -0.0171. The van der Waals surface area contributed by atoms with E-state index in [1.807, 2.05) is 0 Å². The van der Waals surface area contributed by atoms with Crippen LogP contribution < -0.4 is 10.1 Å². The molecule has 3 aromatic rings. The Balaban J connectivity index is 1.45. The van der Waals surface area contributed by atoms with E-state index in [0.717, 1.165) is 5.56 Å². The third kappa shape index (κ3) is 3.95. The number of nitrogens with one attached hydrogen (secondary N) is 1. The van der Waals surface area contributed by atoms with Gasteiger partial charge >= 0.3 is 0 Å². The molecule has 5 nitrogen and oxygen atoms in total. The Kier molecular flexibility index (Phi) is 5.00. The van der Waals surface area contributed by atoms with Crippen molar-refractivity contribution in [2.75, 3.05) is 12.1 Å². The third-order valence-corrected chi connectivity index (χ3v) is 5.61. The smallest absolute Gasteiger partial charge is 0.210 e. The Morgan fingerprint density at radius 1 is 1.15 bits per heavy atom. The van der Waals surface area contributed by atoms with Crippen molar-refractivity contribution < 1.29 is 18.3 Å². The first-order valence-electron chi connectivity index (χ1n) is 7.68. The molecule has 1 aromatic heterocycles. The zero-order valence-corrected chi connectivity index (χ0v) is 15.0. The van der Waals surface area contributed by atoms with Crippen LogP contribution in [0.4, 0.5) is 19.6 Å². The van der Waals surface area contributed by atoms with E-state index in [9.17, 15) is 8.78 Å². The predicted molar refractivity (Wildman–Crippen MR) is 95.8 cm³/mol. The van der Waals surface area contributed by atoms with E-state index in [0.29, 0.717) is 38.8 Å². The van der Waals surface area contributed by atoms with Crippen molar-refractivity contribution in [2.24, 2.45) is 0 Å². The molecule has 1 N–H and O–H groups in total. The van der Waals surface area contributed by atoms with Gasteiger partial charge in [0.2, 0.25) is 5.13 Å². The van der Waals surface area contributed by atoms with Crippen LogP contribution in [0.5, 0.6) is 5.75 Å². The van der Waals surface area contributed by atoms with Gasteiger partial charge in [-0.25, -0.2) is 8.78 Å².